The van der Waals surface area contributed by atoms with E-state index >= 15 is 0 Å². The Bertz CT molecular complexity index is 539. The van der Waals surface area contributed by atoms with Crippen LogP contribution in [0.25, 0.3) is 0 Å². The average molecular weight is 280 g/mol. The van der Waals surface area contributed by atoms with Gasteiger partial charge in [-0.25, -0.2) is 0 Å². The van der Waals surface area contributed by atoms with Crippen LogP contribution in [0.4, 0.5) is 0 Å². The highest BCUT2D eigenvalue weighted by Crippen LogP contribution is 2.22. The number of benzene rings is 1. The summed E-state index contributed by atoms with van der Waals surface area (Å²) >= 11 is 5.78. The molecule has 2 unspecified atom stereocenters. The topological polar surface area (TPSA) is 84.5 Å². The molecule has 6 heteroatoms. The molecule has 100 valence electrons. The molecule has 0 saturated carbocycles. The Kier molecular flexibility index (Phi) is 3.97. The highest BCUT2D eigenvalue weighted by atomic mass is 35.5. The van der Waals surface area contributed by atoms with Crippen molar-refractivity contribution in [1.82, 2.24) is 5.32 Å². The van der Waals surface area contributed by atoms with Crippen molar-refractivity contribution in [1.29, 1.82) is 0 Å². The third-order valence-electron chi connectivity index (χ3n) is 2.99. The molecule has 1 aliphatic rings. The molecule has 0 fully saturated rings. The molecule has 1 aromatic rings. The average Bonchev–Trinajstić information content (AvgIpc) is 2.39. The van der Waals surface area contributed by atoms with Crippen LogP contribution in [0.1, 0.15) is 24.8 Å². The standard InChI is InChI=1S/C13H14ClN3O2/c1-2-9(15)11-16-12(18)10(13(19)17-11)7-3-5-8(14)6-4-7/h3-6,9-10H,2,15H2,1H3,(H,16,17,18,19). The quantitative estimate of drug-likeness (QED) is 0.816. The molecule has 1 heterocycles. The minimum absolute atomic E-state index is 0.239. The molecule has 5 nitrogen and oxygen atoms in total. The molecule has 0 saturated heterocycles. The number of nitrogens with zero attached hydrogens (tertiary/aromatic N) is 1. The third kappa shape index (κ3) is 2.83. The maximum Gasteiger partial charge on any atom is 0.264 e. The van der Waals surface area contributed by atoms with Gasteiger partial charge in [0, 0.05) is 5.02 Å². The zero-order valence-corrected chi connectivity index (χ0v) is 11.1. The van der Waals surface area contributed by atoms with Crippen LogP contribution in [0.15, 0.2) is 29.3 Å². The Morgan fingerprint density at radius 1 is 1.37 bits per heavy atom. The number of aliphatic imine (C=N–C) groups is 1. The van der Waals surface area contributed by atoms with Gasteiger partial charge in [0.1, 0.15) is 11.8 Å². The molecular formula is C13H14ClN3O2. The van der Waals surface area contributed by atoms with E-state index in [1.54, 1.807) is 24.3 Å². The van der Waals surface area contributed by atoms with Gasteiger partial charge in [0.05, 0.1) is 6.04 Å². The van der Waals surface area contributed by atoms with Crippen LogP contribution in [-0.2, 0) is 9.59 Å². The summed E-state index contributed by atoms with van der Waals surface area (Å²) in [5, 5.41) is 3.14. The van der Waals surface area contributed by atoms with Gasteiger partial charge in [-0.1, -0.05) is 30.7 Å². The molecule has 3 N–H and O–H groups in total. The smallest absolute Gasteiger partial charge is 0.264 e. The fourth-order valence-electron chi connectivity index (χ4n) is 1.84. The maximum atomic E-state index is 12.0. The van der Waals surface area contributed by atoms with Crippen LogP contribution < -0.4 is 11.1 Å². The van der Waals surface area contributed by atoms with Gasteiger partial charge in [-0.3, -0.25) is 9.59 Å². The molecule has 2 atom stereocenters. The van der Waals surface area contributed by atoms with E-state index in [2.05, 4.69) is 10.3 Å². The molecule has 0 spiro atoms. The van der Waals surface area contributed by atoms with E-state index in [0.29, 0.717) is 17.0 Å². The van der Waals surface area contributed by atoms with Crippen LogP contribution in [0.3, 0.4) is 0 Å². The summed E-state index contributed by atoms with van der Waals surface area (Å²) in [6, 6.07) is 6.12. The van der Waals surface area contributed by atoms with E-state index in [0.717, 1.165) is 0 Å². The number of hydrogen-bond acceptors (Lipinski definition) is 3. The van der Waals surface area contributed by atoms with E-state index in [9.17, 15) is 9.59 Å². The molecule has 1 aromatic carbocycles. The minimum Gasteiger partial charge on any atom is -0.321 e. The van der Waals surface area contributed by atoms with Crippen molar-refractivity contribution < 1.29 is 9.59 Å². The van der Waals surface area contributed by atoms with E-state index in [-0.39, 0.29) is 5.84 Å². The zero-order chi connectivity index (χ0) is 14.0. The van der Waals surface area contributed by atoms with Crippen LogP contribution >= 0.6 is 11.6 Å². The first-order chi connectivity index (χ1) is 9.02. The van der Waals surface area contributed by atoms with Gasteiger partial charge >= 0.3 is 0 Å². The molecule has 0 aliphatic carbocycles. The van der Waals surface area contributed by atoms with E-state index in [1.807, 2.05) is 6.92 Å². The van der Waals surface area contributed by atoms with Gasteiger partial charge < -0.3 is 11.1 Å². The van der Waals surface area contributed by atoms with E-state index in [4.69, 9.17) is 17.3 Å². The summed E-state index contributed by atoms with van der Waals surface area (Å²) in [6.45, 7) is 1.86. The van der Waals surface area contributed by atoms with Crippen molar-refractivity contribution in [2.75, 3.05) is 0 Å². The fourth-order valence-corrected chi connectivity index (χ4v) is 1.97. The summed E-state index contributed by atoms with van der Waals surface area (Å²) in [6.07, 6.45) is 0.595. The van der Waals surface area contributed by atoms with Crippen molar-refractivity contribution in [3.8, 4) is 0 Å². The number of amidine groups is 1. The monoisotopic (exact) mass is 279 g/mol. The summed E-state index contributed by atoms with van der Waals surface area (Å²) in [5.41, 5.74) is 6.33. The van der Waals surface area contributed by atoms with Crippen molar-refractivity contribution in [2.24, 2.45) is 10.7 Å². The second kappa shape index (κ2) is 5.50. The molecular weight excluding hydrogens is 266 g/mol. The molecule has 19 heavy (non-hydrogen) atoms. The SMILES string of the molecule is CCC(N)C1=NC(=O)C(c2ccc(Cl)cc2)C(=O)N1. The number of hydrogen-bond donors (Lipinski definition) is 2. The largest absolute Gasteiger partial charge is 0.321 e. The van der Waals surface area contributed by atoms with E-state index in [1.165, 1.54) is 0 Å². The van der Waals surface area contributed by atoms with Crippen LogP contribution in [0.5, 0.6) is 0 Å². The number of carbonyl (C=O) groups is 2. The Balaban J connectivity index is 2.30. The number of amides is 2. The number of nitrogens with two attached hydrogens (primary N) is 1. The Labute approximate surface area is 115 Å². The van der Waals surface area contributed by atoms with Crippen molar-refractivity contribution >= 4 is 29.3 Å². The Hall–Kier alpha value is -1.72. The van der Waals surface area contributed by atoms with Gasteiger partial charge in [0.2, 0.25) is 5.91 Å². The first-order valence-corrected chi connectivity index (χ1v) is 6.35. The van der Waals surface area contributed by atoms with Gasteiger partial charge in [0.25, 0.3) is 5.91 Å². The Morgan fingerprint density at radius 2 is 2.00 bits per heavy atom. The normalized spacial score (nSPS) is 20.8. The predicted octanol–water partition coefficient (Wildman–Crippen LogP) is 1.22. The van der Waals surface area contributed by atoms with Crippen molar-refractivity contribution in [2.45, 2.75) is 25.3 Å². The second-order valence-electron chi connectivity index (χ2n) is 4.32. The van der Waals surface area contributed by atoms with Crippen molar-refractivity contribution in [3.63, 3.8) is 0 Å². The van der Waals surface area contributed by atoms with Gasteiger partial charge in [-0.05, 0) is 24.1 Å². The maximum absolute atomic E-state index is 12.0. The highest BCUT2D eigenvalue weighted by Gasteiger charge is 2.34. The molecule has 0 radical (unpaired) electrons. The first kappa shape index (κ1) is 13.7. The first-order valence-electron chi connectivity index (χ1n) is 5.97. The van der Waals surface area contributed by atoms with Crippen LogP contribution in [-0.4, -0.2) is 23.7 Å². The predicted molar refractivity (Wildman–Crippen MR) is 73.0 cm³/mol. The van der Waals surface area contributed by atoms with Crippen LogP contribution in [0.2, 0.25) is 5.02 Å². The molecule has 2 amide bonds. The zero-order valence-electron chi connectivity index (χ0n) is 10.4. The van der Waals surface area contributed by atoms with Crippen LogP contribution in [0, 0.1) is 0 Å². The summed E-state index contributed by atoms with van der Waals surface area (Å²) in [7, 11) is 0. The summed E-state index contributed by atoms with van der Waals surface area (Å²) in [4.78, 5) is 27.9. The lowest BCUT2D eigenvalue weighted by molar-refractivity contribution is -0.129. The molecule has 1 aliphatic heterocycles. The highest BCUT2D eigenvalue weighted by molar-refractivity contribution is 6.30. The fraction of sp³-hybridized carbons (Fsp3) is 0.308. The van der Waals surface area contributed by atoms with Gasteiger partial charge in [0.15, 0.2) is 0 Å². The second-order valence-corrected chi connectivity index (χ2v) is 4.76. The number of nitrogens with one attached hydrogen (secondary N) is 1. The molecule has 0 aromatic heterocycles. The third-order valence-corrected chi connectivity index (χ3v) is 3.24. The lowest BCUT2D eigenvalue weighted by Gasteiger charge is -2.23. The number of rotatable bonds is 3. The molecule has 0 bridgehead atoms. The van der Waals surface area contributed by atoms with Gasteiger partial charge in [-0.2, -0.15) is 4.99 Å². The van der Waals surface area contributed by atoms with Crippen molar-refractivity contribution in [3.05, 3.63) is 34.9 Å². The molecule has 2 rings (SSSR count). The number of carbonyl (C=O) groups excluding carboxylic acids is 2. The minimum atomic E-state index is -0.926. The summed E-state index contributed by atoms with van der Waals surface area (Å²) < 4.78 is 0. The lowest BCUT2D eigenvalue weighted by atomic mass is 9.95. The van der Waals surface area contributed by atoms with Gasteiger partial charge in [-0.15, -0.1) is 0 Å². The van der Waals surface area contributed by atoms with E-state index < -0.39 is 23.8 Å². The lowest BCUT2D eigenvalue weighted by Crippen LogP contribution is -2.50. The number of halogens is 1. The Morgan fingerprint density at radius 3 is 2.53 bits per heavy atom. The summed E-state index contributed by atoms with van der Waals surface area (Å²) in [5.74, 6) is -1.58.